The molecule has 0 aliphatic carbocycles. The lowest BCUT2D eigenvalue weighted by atomic mass is 9.89. The van der Waals surface area contributed by atoms with Crippen molar-refractivity contribution in [1.29, 1.82) is 0 Å². The van der Waals surface area contributed by atoms with Crippen LogP contribution in [0.1, 0.15) is 35.6 Å². The summed E-state index contributed by atoms with van der Waals surface area (Å²) in [5.41, 5.74) is 8.41. The molecule has 2 unspecified atom stereocenters. The van der Waals surface area contributed by atoms with Crippen molar-refractivity contribution in [3.05, 3.63) is 63.1 Å². The van der Waals surface area contributed by atoms with E-state index in [0.29, 0.717) is 35.4 Å². The quantitative estimate of drug-likeness (QED) is 0.526. The van der Waals surface area contributed by atoms with Crippen LogP contribution in [0, 0.1) is 36.3 Å². The van der Waals surface area contributed by atoms with Gasteiger partial charge in [-0.2, -0.15) is 0 Å². The van der Waals surface area contributed by atoms with Crippen LogP contribution in [0.25, 0.3) is 0 Å². The van der Waals surface area contributed by atoms with E-state index >= 15 is 0 Å². The van der Waals surface area contributed by atoms with Gasteiger partial charge < -0.3 is 10.5 Å². The third kappa shape index (κ3) is 4.02. The van der Waals surface area contributed by atoms with Crippen LogP contribution in [0.5, 0.6) is 0 Å². The number of hydrogen-bond acceptors (Lipinski definition) is 2. The molecule has 2 aromatic rings. The Hall–Kier alpha value is -1.90. The van der Waals surface area contributed by atoms with Gasteiger partial charge in [-0.05, 0) is 71.6 Å². The molecule has 2 atom stereocenters. The molecule has 2 nitrogen and oxygen atoms in total. The molecule has 1 aliphatic heterocycles. The Morgan fingerprint density at radius 3 is 2.84 bits per heavy atom. The van der Waals surface area contributed by atoms with E-state index in [1.165, 1.54) is 18.2 Å². The molecular weight excluding hydrogens is 388 g/mol. The zero-order chi connectivity index (χ0) is 18.0. The lowest BCUT2D eigenvalue weighted by Gasteiger charge is -2.29. The molecule has 0 radical (unpaired) electrons. The molecule has 1 heterocycles. The average molecular weight is 406 g/mol. The van der Waals surface area contributed by atoms with Crippen LogP contribution >= 0.6 is 15.9 Å². The highest BCUT2D eigenvalue weighted by molar-refractivity contribution is 9.10. The fourth-order valence-corrected chi connectivity index (χ4v) is 3.40. The molecule has 1 saturated heterocycles. The van der Waals surface area contributed by atoms with Gasteiger partial charge in [0.05, 0.1) is 6.10 Å². The minimum absolute atomic E-state index is 0.0796. The predicted octanol–water partition coefficient (Wildman–Crippen LogP) is 5.14. The third-order valence-electron chi connectivity index (χ3n) is 4.43. The predicted molar refractivity (Wildman–Crippen MR) is 97.9 cm³/mol. The number of anilines is 1. The van der Waals surface area contributed by atoms with Crippen LogP contribution in [-0.4, -0.2) is 6.61 Å². The standard InChI is InChI=1S/C20H18BrF2NO/c1-12-17(23)6-7-18(24)20(12)19-10-13(8-9-25-19)2-3-14-11-15(22)4-5-16(14)21/h4-7,11,13,19H,8-10,24H2,1H3. The summed E-state index contributed by atoms with van der Waals surface area (Å²) in [4.78, 5) is 0. The zero-order valence-electron chi connectivity index (χ0n) is 13.8. The lowest BCUT2D eigenvalue weighted by molar-refractivity contribution is 0.000989. The molecule has 1 aliphatic rings. The van der Waals surface area contributed by atoms with E-state index in [1.54, 1.807) is 19.1 Å². The molecule has 0 aromatic heterocycles. The van der Waals surface area contributed by atoms with Crippen molar-refractivity contribution in [2.45, 2.75) is 25.9 Å². The topological polar surface area (TPSA) is 35.2 Å². The van der Waals surface area contributed by atoms with Crippen LogP contribution in [-0.2, 0) is 4.74 Å². The van der Waals surface area contributed by atoms with E-state index in [0.717, 1.165) is 10.9 Å². The summed E-state index contributed by atoms with van der Waals surface area (Å²) in [5.74, 6) is 5.71. The van der Waals surface area contributed by atoms with Gasteiger partial charge in [0.2, 0.25) is 0 Å². The molecule has 0 spiro atoms. The van der Waals surface area contributed by atoms with Gasteiger partial charge >= 0.3 is 0 Å². The molecule has 3 rings (SSSR count). The monoisotopic (exact) mass is 405 g/mol. The maximum Gasteiger partial charge on any atom is 0.126 e. The van der Waals surface area contributed by atoms with Crippen molar-refractivity contribution in [2.75, 3.05) is 12.3 Å². The van der Waals surface area contributed by atoms with Crippen molar-refractivity contribution >= 4 is 21.6 Å². The second-order valence-electron chi connectivity index (χ2n) is 6.15. The van der Waals surface area contributed by atoms with Crippen molar-refractivity contribution in [1.82, 2.24) is 0 Å². The van der Waals surface area contributed by atoms with Crippen molar-refractivity contribution < 1.29 is 13.5 Å². The second kappa shape index (κ2) is 7.55. The lowest BCUT2D eigenvalue weighted by Crippen LogP contribution is -2.21. The van der Waals surface area contributed by atoms with Gasteiger partial charge in [0, 0.05) is 33.8 Å². The molecule has 0 amide bonds. The summed E-state index contributed by atoms with van der Waals surface area (Å²) >= 11 is 3.38. The highest BCUT2D eigenvalue weighted by Gasteiger charge is 2.26. The Morgan fingerprint density at radius 2 is 2.04 bits per heavy atom. The Balaban J connectivity index is 1.82. The number of benzene rings is 2. The number of hydrogen-bond donors (Lipinski definition) is 1. The molecule has 1 fully saturated rings. The fourth-order valence-electron chi connectivity index (χ4n) is 3.05. The van der Waals surface area contributed by atoms with Crippen LogP contribution < -0.4 is 5.73 Å². The Morgan fingerprint density at radius 1 is 1.24 bits per heavy atom. The number of nitrogens with two attached hydrogens (primary N) is 1. The van der Waals surface area contributed by atoms with Gasteiger partial charge in [0.1, 0.15) is 11.6 Å². The summed E-state index contributed by atoms with van der Waals surface area (Å²) in [6.07, 6.45) is 1.14. The molecule has 5 heteroatoms. The highest BCUT2D eigenvalue weighted by atomic mass is 79.9. The highest BCUT2D eigenvalue weighted by Crippen LogP contribution is 2.37. The Labute approximate surface area is 154 Å². The first-order valence-electron chi connectivity index (χ1n) is 8.08. The number of nitrogen functional groups attached to an aromatic ring is 1. The van der Waals surface area contributed by atoms with Gasteiger partial charge in [0.15, 0.2) is 0 Å². The van der Waals surface area contributed by atoms with E-state index in [-0.39, 0.29) is 23.7 Å². The van der Waals surface area contributed by atoms with Crippen LogP contribution in [0.15, 0.2) is 34.8 Å². The minimum atomic E-state index is -0.319. The summed E-state index contributed by atoms with van der Waals surface area (Å²) in [6, 6.07) is 7.37. The summed E-state index contributed by atoms with van der Waals surface area (Å²) in [5, 5.41) is 0. The van der Waals surface area contributed by atoms with Gasteiger partial charge in [0.25, 0.3) is 0 Å². The SMILES string of the molecule is Cc1c(F)ccc(N)c1C1CC(C#Cc2cc(F)ccc2Br)CCO1. The van der Waals surface area contributed by atoms with Crippen LogP contribution in [0.3, 0.4) is 0 Å². The average Bonchev–Trinajstić information content (AvgIpc) is 2.60. The maximum absolute atomic E-state index is 13.9. The number of ether oxygens (including phenoxy) is 1. The summed E-state index contributed by atoms with van der Waals surface area (Å²) < 4.78 is 33.8. The smallest absolute Gasteiger partial charge is 0.126 e. The maximum atomic E-state index is 13.9. The van der Waals surface area contributed by atoms with Crippen LogP contribution in [0.2, 0.25) is 0 Å². The van der Waals surface area contributed by atoms with Crippen molar-refractivity contribution in [2.24, 2.45) is 5.92 Å². The fraction of sp³-hybridized carbons (Fsp3) is 0.300. The van der Waals surface area contributed by atoms with E-state index in [2.05, 4.69) is 27.8 Å². The molecule has 25 heavy (non-hydrogen) atoms. The first-order valence-corrected chi connectivity index (χ1v) is 8.87. The molecular formula is C20H18BrF2NO. The van der Waals surface area contributed by atoms with Gasteiger partial charge in [-0.3, -0.25) is 0 Å². The number of rotatable bonds is 1. The zero-order valence-corrected chi connectivity index (χ0v) is 15.4. The molecule has 0 saturated carbocycles. The van der Waals surface area contributed by atoms with E-state index in [4.69, 9.17) is 10.5 Å². The first kappa shape index (κ1) is 17.9. The van der Waals surface area contributed by atoms with Crippen molar-refractivity contribution in [3.63, 3.8) is 0 Å². The molecule has 0 bridgehead atoms. The number of halogens is 3. The van der Waals surface area contributed by atoms with Crippen LogP contribution in [0.4, 0.5) is 14.5 Å². The third-order valence-corrected chi connectivity index (χ3v) is 5.12. The normalized spacial score (nSPS) is 20.0. The molecule has 130 valence electrons. The largest absolute Gasteiger partial charge is 0.398 e. The minimum Gasteiger partial charge on any atom is -0.398 e. The summed E-state index contributed by atoms with van der Waals surface area (Å²) in [6.45, 7) is 2.24. The van der Waals surface area contributed by atoms with Crippen molar-refractivity contribution in [3.8, 4) is 11.8 Å². The Kier molecular flexibility index (Phi) is 5.41. The first-order chi connectivity index (χ1) is 12.0. The van der Waals surface area contributed by atoms with E-state index < -0.39 is 0 Å². The Bertz CT molecular complexity index is 857. The molecule has 2 N–H and O–H groups in total. The second-order valence-corrected chi connectivity index (χ2v) is 7.00. The van der Waals surface area contributed by atoms with Gasteiger partial charge in [-0.25, -0.2) is 8.78 Å². The van der Waals surface area contributed by atoms with Gasteiger partial charge in [-0.15, -0.1) is 0 Å². The summed E-state index contributed by atoms with van der Waals surface area (Å²) in [7, 11) is 0. The molecule has 2 aromatic carbocycles. The van der Waals surface area contributed by atoms with Gasteiger partial charge in [-0.1, -0.05) is 11.8 Å². The van der Waals surface area contributed by atoms with E-state index in [9.17, 15) is 8.78 Å². The van der Waals surface area contributed by atoms with E-state index in [1.807, 2.05) is 0 Å².